The Hall–Kier alpha value is -1.88. The van der Waals surface area contributed by atoms with Crippen LogP contribution in [0.3, 0.4) is 0 Å². The van der Waals surface area contributed by atoms with Gasteiger partial charge >= 0.3 is 11.8 Å². The van der Waals surface area contributed by atoms with E-state index >= 15 is 0 Å². The molecule has 25 heavy (non-hydrogen) atoms. The normalized spacial score (nSPS) is 21.2. The summed E-state index contributed by atoms with van der Waals surface area (Å²) in [5, 5.41) is 3.40. The van der Waals surface area contributed by atoms with Crippen LogP contribution in [0.4, 0.5) is 0 Å². The molecule has 0 radical (unpaired) electrons. The van der Waals surface area contributed by atoms with E-state index in [1.807, 2.05) is 0 Å². The summed E-state index contributed by atoms with van der Waals surface area (Å²) in [7, 11) is 0. The zero-order valence-electron chi connectivity index (χ0n) is 14.2. The average Bonchev–Trinajstić information content (AvgIpc) is 3.11. The van der Waals surface area contributed by atoms with E-state index in [4.69, 9.17) is 11.6 Å². The monoisotopic (exact) mass is 362 g/mol. The summed E-state index contributed by atoms with van der Waals surface area (Å²) in [6, 6.07) is 6.16. The quantitative estimate of drug-likeness (QED) is 0.664. The number of carbonyl (C=O) groups is 3. The van der Waals surface area contributed by atoms with E-state index in [1.165, 1.54) is 11.3 Å². The lowest BCUT2D eigenvalue weighted by Gasteiger charge is -2.26. The van der Waals surface area contributed by atoms with Gasteiger partial charge in [0.2, 0.25) is 0 Å². The molecule has 1 saturated heterocycles. The van der Waals surface area contributed by atoms with Crippen LogP contribution in [0, 0.1) is 0 Å². The summed E-state index contributed by atoms with van der Waals surface area (Å²) in [6.07, 6.45) is 6.51. The van der Waals surface area contributed by atoms with Gasteiger partial charge in [0.25, 0.3) is 0 Å². The predicted molar refractivity (Wildman–Crippen MR) is 95.5 cm³/mol. The second-order valence-electron chi connectivity index (χ2n) is 6.84. The molecule has 2 aliphatic rings. The fraction of sp³-hybridized carbons (Fsp3) is 0.526. The molecule has 6 heteroatoms. The molecule has 2 fully saturated rings. The predicted octanol–water partition coefficient (Wildman–Crippen LogP) is 2.96. The van der Waals surface area contributed by atoms with Crippen LogP contribution in [0.2, 0.25) is 5.02 Å². The maximum Gasteiger partial charge on any atom is 0.312 e. The van der Waals surface area contributed by atoms with Gasteiger partial charge in [-0.05, 0) is 49.9 Å². The van der Waals surface area contributed by atoms with Crippen LogP contribution in [0.1, 0.15) is 55.3 Å². The highest BCUT2D eigenvalue weighted by Crippen LogP contribution is 2.23. The van der Waals surface area contributed by atoms with Crippen LogP contribution in [0.15, 0.2) is 24.3 Å². The number of benzene rings is 1. The number of hydrogen-bond donors (Lipinski definition) is 1. The highest BCUT2D eigenvalue weighted by Gasteiger charge is 2.37. The Morgan fingerprint density at radius 3 is 2.32 bits per heavy atom. The smallest absolute Gasteiger partial charge is 0.312 e. The highest BCUT2D eigenvalue weighted by molar-refractivity contribution is 6.35. The van der Waals surface area contributed by atoms with Gasteiger partial charge in [-0.1, -0.05) is 30.9 Å². The minimum absolute atomic E-state index is 0.0817. The summed E-state index contributed by atoms with van der Waals surface area (Å²) in [4.78, 5) is 39.0. The van der Waals surface area contributed by atoms with Crippen molar-refractivity contribution in [2.24, 2.45) is 0 Å². The third-order valence-electron chi connectivity index (χ3n) is 5.08. The summed E-state index contributed by atoms with van der Waals surface area (Å²) in [5.74, 6) is -1.30. The molecule has 1 aromatic carbocycles. The number of hydrogen-bond acceptors (Lipinski definition) is 3. The largest absolute Gasteiger partial charge is 0.345 e. The van der Waals surface area contributed by atoms with Gasteiger partial charge in [0.15, 0.2) is 5.78 Å². The molecule has 0 aromatic heterocycles. The molecule has 1 atom stereocenters. The first kappa shape index (κ1) is 17.9. The van der Waals surface area contributed by atoms with Crippen molar-refractivity contribution in [3.8, 4) is 0 Å². The lowest BCUT2D eigenvalue weighted by molar-refractivity contribution is -0.146. The number of amides is 2. The average molecular weight is 363 g/mol. The van der Waals surface area contributed by atoms with Crippen LogP contribution in [0.5, 0.6) is 0 Å². The first-order chi connectivity index (χ1) is 12.1. The van der Waals surface area contributed by atoms with Crippen molar-refractivity contribution in [1.82, 2.24) is 10.2 Å². The zero-order chi connectivity index (χ0) is 17.8. The number of ketones is 1. The number of nitrogens with one attached hydrogen (secondary N) is 1. The number of nitrogens with zero attached hydrogens (tertiary/aromatic N) is 1. The molecule has 1 aliphatic heterocycles. The number of Topliss-reactive ketones (excluding diaryl/α,β-unsaturated/α-hetero) is 1. The molecule has 3 rings (SSSR count). The van der Waals surface area contributed by atoms with E-state index in [0.29, 0.717) is 23.6 Å². The Morgan fingerprint density at radius 2 is 1.64 bits per heavy atom. The van der Waals surface area contributed by atoms with Gasteiger partial charge in [-0.2, -0.15) is 0 Å². The number of rotatable bonds is 3. The van der Waals surface area contributed by atoms with E-state index in [-0.39, 0.29) is 11.8 Å². The molecule has 0 spiro atoms. The molecule has 1 heterocycles. The van der Waals surface area contributed by atoms with Crippen molar-refractivity contribution < 1.29 is 14.4 Å². The van der Waals surface area contributed by atoms with Gasteiger partial charge in [0, 0.05) is 23.2 Å². The lowest BCUT2D eigenvalue weighted by atomic mass is 9.95. The topological polar surface area (TPSA) is 66.5 Å². The maximum atomic E-state index is 12.7. The Morgan fingerprint density at radius 1 is 0.960 bits per heavy atom. The molecular weight excluding hydrogens is 340 g/mol. The van der Waals surface area contributed by atoms with Crippen molar-refractivity contribution >= 4 is 29.2 Å². The van der Waals surface area contributed by atoms with Crippen LogP contribution in [-0.4, -0.2) is 41.1 Å². The first-order valence-electron chi connectivity index (χ1n) is 8.97. The number of halogens is 1. The molecule has 1 aliphatic carbocycles. The van der Waals surface area contributed by atoms with Crippen molar-refractivity contribution in [2.45, 2.75) is 57.0 Å². The van der Waals surface area contributed by atoms with Gasteiger partial charge in [0.1, 0.15) is 0 Å². The second kappa shape index (κ2) is 8.00. The number of likely N-dealkylation sites (tertiary alicyclic amines) is 1. The molecule has 1 N–H and O–H groups in total. The van der Waals surface area contributed by atoms with Crippen molar-refractivity contribution in [1.29, 1.82) is 0 Å². The van der Waals surface area contributed by atoms with Crippen LogP contribution in [-0.2, 0) is 9.59 Å². The second-order valence-corrected chi connectivity index (χ2v) is 7.27. The van der Waals surface area contributed by atoms with E-state index in [2.05, 4.69) is 5.32 Å². The van der Waals surface area contributed by atoms with Gasteiger partial charge in [-0.3, -0.25) is 14.4 Å². The summed E-state index contributed by atoms with van der Waals surface area (Å²) in [5.41, 5.74) is 0.516. The van der Waals surface area contributed by atoms with Crippen LogP contribution in [0.25, 0.3) is 0 Å². The molecule has 2 amide bonds. The fourth-order valence-corrected chi connectivity index (χ4v) is 3.84. The Kier molecular flexibility index (Phi) is 5.74. The summed E-state index contributed by atoms with van der Waals surface area (Å²) < 4.78 is 0. The van der Waals surface area contributed by atoms with E-state index < -0.39 is 17.9 Å². The Bertz CT molecular complexity index is 653. The minimum Gasteiger partial charge on any atom is -0.345 e. The molecule has 134 valence electrons. The number of carbonyl (C=O) groups excluding carboxylic acids is 3. The minimum atomic E-state index is -0.588. The lowest BCUT2D eigenvalue weighted by Crippen LogP contribution is -2.50. The Labute approximate surface area is 152 Å². The van der Waals surface area contributed by atoms with Crippen molar-refractivity contribution in [3.05, 3.63) is 34.9 Å². The van der Waals surface area contributed by atoms with Crippen molar-refractivity contribution in [2.75, 3.05) is 6.54 Å². The van der Waals surface area contributed by atoms with E-state index in [9.17, 15) is 14.4 Å². The SMILES string of the molecule is O=C(NC1CCCCC1)C(=O)N1CCCC1C(=O)c1ccc(Cl)cc1. The van der Waals surface area contributed by atoms with Crippen LogP contribution < -0.4 is 5.32 Å². The molecule has 1 unspecified atom stereocenters. The Balaban J connectivity index is 1.65. The van der Waals surface area contributed by atoms with E-state index in [1.54, 1.807) is 24.3 Å². The first-order valence-corrected chi connectivity index (χ1v) is 9.35. The summed E-state index contributed by atoms with van der Waals surface area (Å²) in [6.45, 7) is 0.445. The molecule has 1 saturated carbocycles. The van der Waals surface area contributed by atoms with Gasteiger partial charge in [-0.25, -0.2) is 0 Å². The summed E-state index contributed by atoms with van der Waals surface area (Å²) >= 11 is 5.86. The standard InChI is InChI=1S/C19H23ClN2O3/c20-14-10-8-13(9-11-14)17(23)16-7-4-12-22(16)19(25)18(24)21-15-5-2-1-3-6-15/h8-11,15-16H,1-7,12H2,(H,21,24). The maximum absolute atomic E-state index is 12.7. The third-order valence-corrected chi connectivity index (χ3v) is 5.33. The van der Waals surface area contributed by atoms with E-state index in [0.717, 1.165) is 32.1 Å². The van der Waals surface area contributed by atoms with Gasteiger partial charge in [-0.15, -0.1) is 0 Å². The zero-order valence-corrected chi connectivity index (χ0v) is 14.9. The van der Waals surface area contributed by atoms with Gasteiger partial charge in [0.05, 0.1) is 6.04 Å². The van der Waals surface area contributed by atoms with Crippen LogP contribution >= 0.6 is 11.6 Å². The molecule has 0 bridgehead atoms. The molecule has 1 aromatic rings. The molecular formula is C19H23ClN2O3. The fourth-order valence-electron chi connectivity index (χ4n) is 3.71. The highest BCUT2D eigenvalue weighted by atomic mass is 35.5. The van der Waals surface area contributed by atoms with Gasteiger partial charge < -0.3 is 10.2 Å². The third kappa shape index (κ3) is 4.21. The molecule has 5 nitrogen and oxygen atoms in total. The van der Waals surface area contributed by atoms with Crippen molar-refractivity contribution in [3.63, 3.8) is 0 Å².